The van der Waals surface area contributed by atoms with Crippen LogP contribution in [0.5, 0.6) is 0 Å². The third-order valence-corrected chi connectivity index (χ3v) is 6.41. The molecule has 1 aliphatic heterocycles. The molecule has 7 nitrogen and oxygen atoms in total. The molecule has 4 heterocycles. The van der Waals surface area contributed by atoms with Crippen molar-refractivity contribution in [2.75, 3.05) is 26.7 Å². The number of fused-ring (bicyclic) bond motifs is 1. The van der Waals surface area contributed by atoms with Gasteiger partial charge in [-0.25, -0.2) is 18.7 Å². The lowest BCUT2D eigenvalue weighted by Crippen LogP contribution is -2.41. The Labute approximate surface area is 202 Å². The molecule has 1 fully saturated rings. The number of aromatic nitrogens is 4. The van der Waals surface area contributed by atoms with Gasteiger partial charge >= 0.3 is 0 Å². The minimum Gasteiger partial charge on any atom is -0.384 e. The molecular formula is C26H29F2N5O2. The van der Waals surface area contributed by atoms with Gasteiger partial charge in [-0.05, 0) is 57.6 Å². The molecule has 9 heteroatoms. The summed E-state index contributed by atoms with van der Waals surface area (Å²) in [6, 6.07) is 6.37. The van der Waals surface area contributed by atoms with Crippen molar-refractivity contribution in [2.45, 2.75) is 38.9 Å². The van der Waals surface area contributed by atoms with Crippen molar-refractivity contribution in [1.82, 2.24) is 23.8 Å². The van der Waals surface area contributed by atoms with Crippen molar-refractivity contribution in [3.05, 3.63) is 71.6 Å². The number of hydrogen-bond acceptors (Lipinski definition) is 5. The van der Waals surface area contributed by atoms with Crippen LogP contribution < -0.4 is 0 Å². The quantitative estimate of drug-likeness (QED) is 0.469. The second kappa shape index (κ2) is 8.82. The molecule has 4 aromatic rings. The third kappa shape index (κ3) is 4.59. The predicted molar refractivity (Wildman–Crippen MR) is 129 cm³/mol. The predicted octanol–water partition coefficient (Wildman–Crippen LogP) is 3.87. The zero-order valence-electron chi connectivity index (χ0n) is 20.3. The molecule has 1 unspecified atom stereocenters. The number of morpholine rings is 1. The van der Waals surface area contributed by atoms with E-state index in [1.54, 1.807) is 20.0 Å². The highest BCUT2D eigenvalue weighted by atomic mass is 19.1. The lowest BCUT2D eigenvalue weighted by atomic mass is 10.0. The molecule has 0 saturated carbocycles. The highest BCUT2D eigenvalue weighted by molar-refractivity contribution is 5.69. The number of likely N-dealkylation sites (N-methyl/N-ethyl adjacent to an activating group) is 1. The maximum absolute atomic E-state index is 15.5. The first-order chi connectivity index (χ1) is 16.6. The number of pyridine rings is 1. The summed E-state index contributed by atoms with van der Waals surface area (Å²) in [5, 5.41) is 10.2. The molecule has 1 saturated heterocycles. The van der Waals surface area contributed by atoms with Crippen molar-refractivity contribution in [2.24, 2.45) is 0 Å². The summed E-state index contributed by atoms with van der Waals surface area (Å²) < 4.78 is 40.4. The lowest BCUT2D eigenvalue weighted by Gasteiger charge is -2.30. The summed E-state index contributed by atoms with van der Waals surface area (Å²) in [4.78, 5) is 11.0. The molecule has 5 rings (SSSR count). The molecule has 184 valence electrons. The molecule has 35 heavy (non-hydrogen) atoms. The summed E-state index contributed by atoms with van der Waals surface area (Å²) in [5.41, 5.74) is 1.95. The number of imidazole rings is 2. The van der Waals surface area contributed by atoms with Crippen LogP contribution in [0.1, 0.15) is 30.8 Å². The Morgan fingerprint density at radius 2 is 1.94 bits per heavy atom. The van der Waals surface area contributed by atoms with Gasteiger partial charge in [-0.15, -0.1) is 0 Å². The molecule has 1 N–H and O–H groups in total. The van der Waals surface area contributed by atoms with E-state index >= 15 is 8.78 Å². The van der Waals surface area contributed by atoms with E-state index in [1.165, 1.54) is 23.0 Å². The third-order valence-electron chi connectivity index (χ3n) is 6.41. The SMILES string of the molecule is Cc1ccn2c(CC3CN(C)CCO3)c(-c3c(F)cc(-n4cnc(C(C)(C)O)c4)cc3F)nc2c1. The first kappa shape index (κ1) is 23.6. The van der Waals surface area contributed by atoms with Crippen LogP contribution in [0.3, 0.4) is 0 Å². The maximum atomic E-state index is 15.5. The van der Waals surface area contributed by atoms with Crippen molar-refractivity contribution >= 4 is 5.65 Å². The van der Waals surface area contributed by atoms with E-state index in [-0.39, 0.29) is 23.0 Å². The molecule has 0 bridgehead atoms. The van der Waals surface area contributed by atoms with E-state index in [9.17, 15) is 5.11 Å². The van der Waals surface area contributed by atoms with Crippen molar-refractivity contribution in [3.8, 4) is 16.9 Å². The monoisotopic (exact) mass is 481 g/mol. The van der Waals surface area contributed by atoms with Gasteiger partial charge in [-0.1, -0.05) is 0 Å². The Balaban J connectivity index is 1.59. The number of benzene rings is 1. The van der Waals surface area contributed by atoms with E-state index in [0.717, 1.165) is 18.7 Å². The van der Waals surface area contributed by atoms with Crippen LogP contribution in [0.25, 0.3) is 22.6 Å². The molecule has 0 aliphatic carbocycles. The highest BCUT2D eigenvalue weighted by Crippen LogP contribution is 2.33. The average molecular weight is 482 g/mol. The summed E-state index contributed by atoms with van der Waals surface area (Å²) in [7, 11) is 2.03. The maximum Gasteiger partial charge on any atom is 0.137 e. The van der Waals surface area contributed by atoms with Crippen molar-refractivity contribution in [1.29, 1.82) is 0 Å². The molecule has 1 aromatic carbocycles. The zero-order valence-corrected chi connectivity index (χ0v) is 20.3. The first-order valence-corrected chi connectivity index (χ1v) is 11.6. The fraction of sp³-hybridized carbons (Fsp3) is 0.385. The highest BCUT2D eigenvalue weighted by Gasteiger charge is 2.27. The number of rotatable bonds is 5. The molecule has 1 atom stereocenters. The van der Waals surface area contributed by atoms with Crippen LogP contribution in [-0.4, -0.2) is 61.8 Å². The molecule has 3 aromatic heterocycles. The molecule has 0 radical (unpaired) electrons. The summed E-state index contributed by atoms with van der Waals surface area (Å²) >= 11 is 0. The number of ether oxygens (including phenoxy) is 1. The van der Waals surface area contributed by atoms with E-state index < -0.39 is 17.2 Å². The van der Waals surface area contributed by atoms with Gasteiger partial charge in [0.15, 0.2) is 0 Å². The number of aryl methyl sites for hydroxylation is 1. The fourth-order valence-corrected chi connectivity index (χ4v) is 4.51. The Morgan fingerprint density at radius 1 is 1.20 bits per heavy atom. The van der Waals surface area contributed by atoms with Crippen molar-refractivity contribution < 1.29 is 18.6 Å². The zero-order chi connectivity index (χ0) is 24.9. The average Bonchev–Trinajstić information content (AvgIpc) is 3.39. The van der Waals surface area contributed by atoms with Gasteiger partial charge in [0.25, 0.3) is 0 Å². The summed E-state index contributed by atoms with van der Waals surface area (Å²) in [6.45, 7) is 7.35. The lowest BCUT2D eigenvalue weighted by molar-refractivity contribution is -0.0190. The van der Waals surface area contributed by atoms with Crippen LogP contribution in [0.4, 0.5) is 8.78 Å². The van der Waals surface area contributed by atoms with Gasteiger partial charge in [0.1, 0.15) is 22.9 Å². The van der Waals surface area contributed by atoms with Crippen LogP contribution in [0.2, 0.25) is 0 Å². The van der Waals surface area contributed by atoms with E-state index in [1.807, 2.05) is 36.7 Å². The number of hydrogen-bond donors (Lipinski definition) is 1. The van der Waals surface area contributed by atoms with Crippen LogP contribution in [-0.2, 0) is 16.8 Å². The second-order valence-corrected chi connectivity index (χ2v) is 9.81. The Morgan fingerprint density at radius 3 is 2.60 bits per heavy atom. The van der Waals surface area contributed by atoms with Crippen LogP contribution >= 0.6 is 0 Å². The van der Waals surface area contributed by atoms with Gasteiger partial charge in [-0.3, -0.25) is 0 Å². The van der Waals surface area contributed by atoms with Crippen molar-refractivity contribution in [3.63, 3.8) is 0 Å². The van der Waals surface area contributed by atoms with Gasteiger partial charge in [0.05, 0.1) is 47.4 Å². The van der Waals surface area contributed by atoms with E-state index in [0.29, 0.717) is 30.1 Å². The Bertz CT molecular complexity index is 1370. The minimum absolute atomic E-state index is 0.106. The smallest absolute Gasteiger partial charge is 0.137 e. The molecule has 0 spiro atoms. The van der Waals surface area contributed by atoms with Crippen LogP contribution in [0, 0.1) is 18.6 Å². The van der Waals surface area contributed by atoms with Gasteiger partial charge in [-0.2, -0.15) is 0 Å². The Hall–Kier alpha value is -3.14. The second-order valence-electron chi connectivity index (χ2n) is 9.81. The van der Waals surface area contributed by atoms with E-state index in [4.69, 9.17) is 4.74 Å². The Kier molecular flexibility index (Phi) is 5.94. The number of aliphatic hydroxyl groups is 1. The standard InChI is InChI=1S/C26H29F2N5O2/c1-16-5-6-33-21(12-18-13-31(4)7-8-35-18)25(30-23(33)9-16)24-19(27)10-17(11-20(24)28)32-14-22(29-15-32)26(2,3)34/h5-6,9-11,14-15,18,34H,7-8,12-13H2,1-4H3. The van der Waals surface area contributed by atoms with Crippen LogP contribution in [0.15, 0.2) is 43.0 Å². The molecular weight excluding hydrogens is 452 g/mol. The van der Waals surface area contributed by atoms with Gasteiger partial charge in [0.2, 0.25) is 0 Å². The van der Waals surface area contributed by atoms with E-state index in [2.05, 4.69) is 14.9 Å². The largest absolute Gasteiger partial charge is 0.384 e. The van der Waals surface area contributed by atoms with Gasteiger partial charge in [0, 0.05) is 31.9 Å². The number of halogens is 2. The number of nitrogens with zero attached hydrogens (tertiary/aromatic N) is 5. The normalized spacial score (nSPS) is 17.4. The molecule has 1 aliphatic rings. The summed E-state index contributed by atoms with van der Waals surface area (Å²) in [5.74, 6) is -1.44. The van der Waals surface area contributed by atoms with Gasteiger partial charge < -0.3 is 23.7 Å². The fourth-order valence-electron chi connectivity index (χ4n) is 4.51. The minimum atomic E-state index is -1.17. The first-order valence-electron chi connectivity index (χ1n) is 11.6. The summed E-state index contributed by atoms with van der Waals surface area (Å²) in [6.07, 6.45) is 5.24. The molecule has 0 amide bonds. The topological polar surface area (TPSA) is 67.8 Å².